The highest BCUT2D eigenvalue weighted by atomic mass is 16.2. The number of likely N-dealkylation sites (tertiary alicyclic amines) is 1. The minimum atomic E-state index is -0.0149. The smallest absolute Gasteiger partial charge is 0.317 e. The molecule has 1 aromatic rings. The average Bonchev–Trinajstić information content (AvgIpc) is 2.62. The summed E-state index contributed by atoms with van der Waals surface area (Å²) in [5.41, 5.74) is 1.85. The van der Waals surface area contributed by atoms with Crippen LogP contribution in [-0.2, 0) is 0 Å². The van der Waals surface area contributed by atoms with Gasteiger partial charge in [-0.2, -0.15) is 0 Å². The van der Waals surface area contributed by atoms with Gasteiger partial charge in [-0.05, 0) is 49.8 Å². The number of rotatable bonds is 6. The van der Waals surface area contributed by atoms with Gasteiger partial charge in [0.15, 0.2) is 0 Å². The molecule has 0 spiro atoms. The van der Waals surface area contributed by atoms with Crippen LogP contribution in [0.3, 0.4) is 0 Å². The van der Waals surface area contributed by atoms with Crippen LogP contribution in [0.1, 0.15) is 61.9 Å². The number of hydrogen-bond acceptors (Lipinski definition) is 2. The summed E-state index contributed by atoms with van der Waals surface area (Å²) in [6, 6.07) is 7.86. The minimum Gasteiger partial charge on any atom is -0.352 e. The normalized spacial score (nSPS) is 17.4. The lowest BCUT2D eigenvalue weighted by atomic mass is 9.89. The molecule has 1 aromatic carbocycles. The zero-order chi connectivity index (χ0) is 18.2. The Balaban J connectivity index is 2.00. The Bertz CT molecular complexity index is 586. The molecule has 138 valence electrons. The maximum Gasteiger partial charge on any atom is 0.317 e. The van der Waals surface area contributed by atoms with Gasteiger partial charge in [-0.1, -0.05) is 26.0 Å². The molecule has 25 heavy (non-hydrogen) atoms. The standard InChI is InChI=1S/C20H31N3O2/c1-4-21-20(25)23-12-6-9-18(14-23)16-7-5-8-17(13-16)19(24)22-11-10-15(2)3/h5,7-8,13,15,18H,4,6,9-12,14H2,1-3H3,(H,21,25)(H,22,24). The van der Waals surface area contributed by atoms with Crippen LogP contribution in [0, 0.1) is 5.92 Å². The van der Waals surface area contributed by atoms with Crippen LogP contribution in [0.15, 0.2) is 24.3 Å². The molecule has 5 nitrogen and oxygen atoms in total. The molecule has 0 radical (unpaired) electrons. The van der Waals surface area contributed by atoms with Crippen molar-refractivity contribution in [3.8, 4) is 0 Å². The fraction of sp³-hybridized carbons (Fsp3) is 0.600. The molecule has 2 rings (SSSR count). The van der Waals surface area contributed by atoms with Crippen LogP contribution in [-0.4, -0.2) is 43.0 Å². The molecular weight excluding hydrogens is 314 g/mol. The molecule has 1 fully saturated rings. The largest absolute Gasteiger partial charge is 0.352 e. The highest BCUT2D eigenvalue weighted by Crippen LogP contribution is 2.27. The van der Waals surface area contributed by atoms with Gasteiger partial charge in [0.25, 0.3) is 5.91 Å². The molecule has 2 N–H and O–H groups in total. The van der Waals surface area contributed by atoms with E-state index in [2.05, 4.69) is 30.5 Å². The predicted molar refractivity (Wildman–Crippen MR) is 101 cm³/mol. The van der Waals surface area contributed by atoms with Gasteiger partial charge in [0, 0.05) is 37.7 Å². The molecule has 0 aromatic heterocycles. The number of carbonyl (C=O) groups excluding carboxylic acids is 2. The molecule has 1 aliphatic rings. The highest BCUT2D eigenvalue weighted by Gasteiger charge is 2.24. The molecule has 1 atom stereocenters. The summed E-state index contributed by atoms with van der Waals surface area (Å²) in [6.45, 7) is 9.09. The zero-order valence-electron chi connectivity index (χ0n) is 15.7. The van der Waals surface area contributed by atoms with Crippen LogP contribution >= 0.6 is 0 Å². The Kier molecular flexibility index (Phi) is 7.29. The van der Waals surface area contributed by atoms with Gasteiger partial charge in [0.2, 0.25) is 0 Å². The molecular formula is C20H31N3O2. The number of hydrogen-bond donors (Lipinski definition) is 2. The zero-order valence-corrected chi connectivity index (χ0v) is 15.7. The SMILES string of the molecule is CCNC(=O)N1CCCC(c2cccc(C(=O)NCCC(C)C)c2)C1. The third-order valence-corrected chi connectivity index (χ3v) is 4.66. The van der Waals surface area contributed by atoms with E-state index in [1.165, 1.54) is 0 Å². The predicted octanol–water partition coefficient (Wildman–Crippen LogP) is 3.37. The lowest BCUT2D eigenvalue weighted by molar-refractivity contribution is 0.0951. The summed E-state index contributed by atoms with van der Waals surface area (Å²) < 4.78 is 0. The maximum absolute atomic E-state index is 12.3. The number of amides is 3. The summed E-state index contributed by atoms with van der Waals surface area (Å²) in [5, 5.41) is 5.86. The number of urea groups is 1. The van der Waals surface area contributed by atoms with E-state index in [0.29, 0.717) is 37.0 Å². The lowest BCUT2D eigenvalue weighted by Gasteiger charge is -2.33. The monoisotopic (exact) mass is 345 g/mol. The van der Waals surface area contributed by atoms with Gasteiger partial charge in [-0.3, -0.25) is 4.79 Å². The molecule has 1 aliphatic heterocycles. The minimum absolute atomic E-state index is 0.00906. The van der Waals surface area contributed by atoms with Crippen molar-refractivity contribution in [3.05, 3.63) is 35.4 Å². The molecule has 3 amide bonds. The second-order valence-corrected chi connectivity index (χ2v) is 7.18. The number of nitrogens with zero attached hydrogens (tertiary/aromatic N) is 1. The molecule has 1 heterocycles. The van der Waals surface area contributed by atoms with Crippen LogP contribution in [0.4, 0.5) is 4.79 Å². The fourth-order valence-electron chi connectivity index (χ4n) is 3.21. The summed E-state index contributed by atoms with van der Waals surface area (Å²) >= 11 is 0. The molecule has 1 unspecified atom stereocenters. The van der Waals surface area contributed by atoms with Crippen molar-refractivity contribution in [2.75, 3.05) is 26.2 Å². The van der Waals surface area contributed by atoms with E-state index in [-0.39, 0.29) is 11.9 Å². The molecule has 1 saturated heterocycles. The van der Waals surface area contributed by atoms with E-state index in [9.17, 15) is 9.59 Å². The van der Waals surface area contributed by atoms with E-state index in [4.69, 9.17) is 0 Å². The van der Waals surface area contributed by atoms with Crippen molar-refractivity contribution in [1.29, 1.82) is 0 Å². The van der Waals surface area contributed by atoms with E-state index in [0.717, 1.165) is 31.4 Å². The Morgan fingerprint density at radius 1 is 1.28 bits per heavy atom. The van der Waals surface area contributed by atoms with Crippen molar-refractivity contribution >= 4 is 11.9 Å². The summed E-state index contributed by atoms with van der Waals surface area (Å²) in [5.74, 6) is 0.854. The third kappa shape index (κ3) is 5.76. The first kappa shape index (κ1) is 19.3. The molecule has 0 saturated carbocycles. The van der Waals surface area contributed by atoms with Gasteiger partial charge in [0.1, 0.15) is 0 Å². The number of piperidine rings is 1. The van der Waals surface area contributed by atoms with Crippen molar-refractivity contribution < 1.29 is 9.59 Å². The van der Waals surface area contributed by atoms with Crippen molar-refractivity contribution in [2.24, 2.45) is 5.92 Å². The number of benzene rings is 1. The Morgan fingerprint density at radius 3 is 2.80 bits per heavy atom. The Labute approximate surface area is 151 Å². The molecule has 0 aliphatic carbocycles. The van der Waals surface area contributed by atoms with E-state index < -0.39 is 0 Å². The van der Waals surface area contributed by atoms with Gasteiger partial charge in [-0.25, -0.2) is 4.79 Å². The quantitative estimate of drug-likeness (QED) is 0.830. The van der Waals surface area contributed by atoms with E-state index >= 15 is 0 Å². The van der Waals surface area contributed by atoms with Crippen LogP contribution in [0.2, 0.25) is 0 Å². The topological polar surface area (TPSA) is 61.4 Å². The second-order valence-electron chi connectivity index (χ2n) is 7.18. The molecule has 0 bridgehead atoms. The Morgan fingerprint density at radius 2 is 2.08 bits per heavy atom. The lowest BCUT2D eigenvalue weighted by Crippen LogP contribution is -2.44. The van der Waals surface area contributed by atoms with Crippen molar-refractivity contribution in [2.45, 2.75) is 46.0 Å². The average molecular weight is 345 g/mol. The first-order chi connectivity index (χ1) is 12.0. The van der Waals surface area contributed by atoms with E-state index in [1.807, 2.05) is 30.0 Å². The first-order valence-corrected chi connectivity index (χ1v) is 9.42. The highest BCUT2D eigenvalue weighted by molar-refractivity contribution is 5.94. The van der Waals surface area contributed by atoms with Crippen LogP contribution < -0.4 is 10.6 Å². The summed E-state index contributed by atoms with van der Waals surface area (Å²) in [4.78, 5) is 26.3. The van der Waals surface area contributed by atoms with E-state index in [1.54, 1.807) is 0 Å². The van der Waals surface area contributed by atoms with Crippen LogP contribution in [0.5, 0.6) is 0 Å². The third-order valence-electron chi connectivity index (χ3n) is 4.66. The van der Waals surface area contributed by atoms with Gasteiger partial charge in [-0.15, -0.1) is 0 Å². The first-order valence-electron chi connectivity index (χ1n) is 9.42. The van der Waals surface area contributed by atoms with Crippen LogP contribution in [0.25, 0.3) is 0 Å². The summed E-state index contributed by atoms with van der Waals surface area (Å²) in [6.07, 6.45) is 3.02. The number of carbonyl (C=O) groups is 2. The fourth-order valence-corrected chi connectivity index (χ4v) is 3.21. The van der Waals surface area contributed by atoms with Crippen molar-refractivity contribution in [3.63, 3.8) is 0 Å². The Hall–Kier alpha value is -2.04. The van der Waals surface area contributed by atoms with Gasteiger partial charge in [0.05, 0.1) is 0 Å². The molecule has 5 heteroatoms. The van der Waals surface area contributed by atoms with Crippen molar-refractivity contribution in [1.82, 2.24) is 15.5 Å². The maximum atomic E-state index is 12.3. The second kappa shape index (κ2) is 9.44. The van der Waals surface area contributed by atoms with Gasteiger partial charge >= 0.3 is 6.03 Å². The number of nitrogens with one attached hydrogen (secondary N) is 2. The van der Waals surface area contributed by atoms with Gasteiger partial charge < -0.3 is 15.5 Å². The summed E-state index contributed by atoms with van der Waals surface area (Å²) in [7, 11) is 0.